The molecule has 0 aliphatic rings. The van der Waals surface area contributed by atoms with Gasteiger partial charge in [-0.25, -0.2) is 0 Å². The van der Waals surface area contributed by atoms with Crippen molar-refractivity contribution in [3.63, 3.8) is 0 Å². The second kappa shape index (κ2) is 7.28. The summed E-state index contributed by atoms with van der Waals surface area (Å²) in [5.74, 6) is 0. The minimum atomic E-state index is -0.0788. The summed E-state index contributed by atoms with van der Waals surface area (Å²) in [5, 5.41) is 7.93. The van der Waals surface area contributed by atoms with E-state index >= 15 is 0 Å². The number of nitrogens with zero attached hydrogens (tertiary/aromatic N) is 3. The summed E-state index contributed by atoms with van der Waals surface area (Å²) < 4.78 is 0. The van der Waals surface area contributed by atoms with Crippen LogP contribution in [-0.4, -0.2) is 12.1 Å². The molecule has 1 aromatic rings. The summed E-state index contributed by atoms with van der Waals surface area (Å²) in [4.78, 5) is 2.89. The molecule has 0 bridgehead atoms. The molecule has 4 nitrogen and oxygen atoms in total. The molecule has 2 N–H and O–H groups in total. The Bertz CT molecular complexity index is 330. The van der Waals surface area contributed by atoms with Crippen molar-refractivity contribution in [3.05, 3.63) is 32.8 Å². The maximum atomic E-state index is 8.52. The molecule has 1 heterocycles. The van der Waals surface area contributed by atoms with E-state index in [1.165, 1.54) is 5.56 Å². The maximum absolute atomic E-state index is 8.52. The quantitative estimate of drug-likeness (QED) is 0.440. The van der Waals surface area contributed by atoms with Crippen molar-refractivity contribution in [1.82, 2.24) is 0 Å². The van der Waals surface area contributed by atoms with Gasteiger partial charge < -0.3 is 5.73 Å². The predicted molar refractivity (Wildman–Crippen MR) is 68.5 cm³/mol. The number of azide groups is 1. The van der Waals surface area contributed by atoms with Gasteiger partial charge in [0.1, 0.15) is 0 Å². The first-order valence-electron chi connectivity index (χ1n) is 5.58. The van der Waals surface area contributed by atoms with Crippen molar-refractivity contribution in [1.29, 1.82) is 0 Å². The highest BCUT2D eigenvalue weighted by molar-refractivity contribution is 7.07. The average molecular weight is 238 g/mol. The number of nitrogens with two attached hydrogens (primary N) is 1. The van der Waals surface area contributed by atoms with Crippen LogP contribution in [0.25, 0.3) is 10.4 Å². The van der Waals surface area contributed by atoms with E-state index in [4.69, 9.17) is 11.3 Å². The maximum Gasteiger partial charge on any atom is 0.0528 e. The van der Waals surface area contributed by atoms with Crippen molar-refractivity contribution >= 4 is 11.3 Å². The zero-order valence-corrected chi connectivity index (χ0v) is 10.4. The third-order valence-corrected chi connectivity index (χ3v) is 3.33. The number of hydrogen-bond acceptors (Lipinski definition) is 3. The molecule has 0 aliphatic carbocycles. The van der Waals surface area contributed by atoms with Crippen LogP contribution in [0.5, 0.6) is 0 Å². The lowest BCUT2D eigenvalue weighted by molar-refractivity contribution is 0.475. The second-order valence-electron chi connectivity index (χ2n) is 3.91. The number of rotatable bonds is 7. The van der Waals surface area contributed by atoms with Gasteiger partial charge in [0, 0.05) is 11.0 Å². The Hall–Kier alpha value is -1.03. The third-order valence-electron chi connectivity index (χ3n) is 2.60. The second-order valence-corrected chi connectivity index (χ2v) is 4.69. The Morgan fingerprint density at radius 2 is 2.44 bits per heavy atom. The van der Waals surface area contributed by atoms with Crippen LogP contribution in [-0.2, 0) is 6.42 Å². The van der Waals surface area contributed by atoms with Crippen LogP contribution in [0.2, 0.25) is 0 Å². The summed E-state index contributed by atoms with van der Waals surface area (Å²) in [6.45, 7) is 2.12. The summed E-state index contributed by atoms with van der Waals surface area (Å²) in [7, 11) is 0. The lowest BCUT2D eigenvalue weighted by Gasteiger charge is -2.18. The van der Waals surface area contributed by atoms with Crippen LogP contribution in [0.4, 0.5) is 0 Å². The molecule has 0 fully saturated rings. The standard InChI is InChI=1S/C11H18N4S/c1-2-3-4-11(14-15-13)10(12)7-9-5-6-16-8-9/h5-6,8,10-11H,2-4,7,12H2,1H3/t10-,11-/m1/s1. The molecule has 0 saturated heterocycles. The van der Waals surface area contributed by atoms with Crippen molar-refractivity contribution in [2.24, 2.45) is 10.8 Å². The van der Waals surface area contributed by atoms with Crippen LogP contribution in [0.3, 0.4) is 0 Å². The van der Waals surface area contributed by atoms with Crippen LogP contribution in [0.1, 0.15) is 31.7 Å². The number of hydrogen-bond donors (Lipinski definition) is 1. The van der Waals surface area contributed by atoms with E-state index in [2.05, 4.69) is 28.4 Å². The van der Waals surface area contributed by atoms with Gasteiger partial charge in [-0.1, -0.05) is 24.9 Å². The highest BCUT2D eigenvalue weighted by Gasteiger charge is 2.16. The summed E-state index contributed by atoms with van der Waals surface area (Å²) in [6, 6.07) is 1.92. The van der Waals surface area contributed by atoms with Gasteiger partial charge in [0.05, 0.1) is 6.04 Å². The van der Waals surface area contributed by atoms with E-state index in [9.17, 15) is 0 Å². The van der Waals surface area contributed by atoms with Gasteiger partial charge in [-0.15, -0.1) is 0 Å². The molecular formula is C11H18N4S. The molecule has 5 heteroatoms. The van der Waals surface area contributed by atoms with Gasteiger partial charge in [0.2, 0.25) is 0 Å². The normalized spacial score (nSPS) is 14.1. The van der Waals surface area contributed by atoms with E-state index in [1.807, 2.05) is 5.38 Å². The molecule has 0 aromatic carbocycles. The Labute approximate surface area is 100 Å². The van der Waals surface area contributed by atoms with E-state index in [0.717, 1.165) is 25.7 Å². The van der Waals surface area contributed by atoms with Crippen LogP contribution in [0, 0.1) is 0 Å². The highest BCUT2D eigenvalue weighted by atomic mass is 32.1. The Kier molecular flexibility index (Phi) is 5.93. The van der Waals surface area contributed by atoms with Gasteiger partial charge in [0.15, 0.2) is 0 Å². The molecule has 88 valence electrons. The zero-order valence-electron chi connectivity index (χ0n) is 9.54. The fourth-order valence-corrected chi connectivity index (χ4v) is 2.34. The lowest BCUT2D eigenvalue weighted by atomic mass is 9.98. The van der Waals surface area contributed by atoms with E-state index in [1.54, 1.807) is 11.3 Å². The van der Waals surface area contributed by atoms with Gasteiger partial charge in [0.25, 0.3) is 0 Å². The van der Waals surface area contributed by atoms with E-state index in [-0.39, 0.29) is 12.1 Å². The zero-order chi connectivity index (χ0) is 11.8. The fraction of sp³-hybridized carbons (Fsp3) is 0.636. The third kappa shape index (κ3) is 4.23. The van der Waals surface area contributed by atoms with Crippen molar-refractivity contribution in [3.8, 4) is 0 Å². The molecule has 0 unspecified atom stereocenters. The molecule has 0 amide bonds. The summed E-state index contributed by atoms with van der Waals surface area (Å²) in [5.41, 5.74) is 15.8. The minimum absolute atomic E-state index is 0.0722. The fourth-order valence-electron chi connectivity index (χ4n) is 1.65. The number of thiophene rings is 1. The topological polar surface area (TPSA) is 74.8 Å². The van der Waals surface area contributed by atoms with Crippen LogP contribution >= 0.6 is 11.3 Å². The molecule has 0 spiro atoms. The van der Waals surface area contributed by atoms with Crippen molar-refractivity contribution < 1.29 is 0 Å². The molecule has 2 atom stereocenters. The minimum Gasteiger partial charge on any atom is -0.327 e. The Morgan fingerprint density at radius 1 is 1.62 bits per heavy atom. The van der Waals surface area contributed by atoms with Crippen molar-refractivity contribution in [2.45, 2.75) is 44.7 Å². The smallest absolute Gasteiger partial charge is 0.0528 e. The van der Waals surface area contributed by atoms with Gasteiger partial charge in [-0.2, -0.15) is 11.3 Å². The Balaban J connectivity index is 2.52. The van der Waals surface area contributed by atoms with Gasteiger partial charge in [-0.05, 0) is 40.8 Å². The first kappa shape index (κ1) is 13.0. The SMILES string of the molecule is CCCC[C@@H](N=[N+]=[N-])[C@H](N)Cc1ccsc1. The predicted octanol–water partition coefficient (Wildman–Crippen LogP) is 3.49. The van der Waals surface area contributed by atoms with Crippen LogP contribution < -0.4 is 5.73 Å². The Morgan fingerprint density at radius 3 is 3.00 bits per heavy atom. The monoisotopic (exact) mass is 238 g/mol. The molecule has 0 aliphatic heterocycles. The largest absolute Gasteiger partial charge is 0.327 e. The molecular weight excluding hydrogens is 220 g/mol. The molecule has 0 radical (unpaired) electrons. The summed E-state index contributed by atoms with van der Waals surface area (Å²) >= 11 is 1.67. The first-order chi connectivity index (χ1) is 7.77. The molecule has 16 heavy (non-hydrogen) atoms. The van der Waals surface area contributed by atoms with Crippen molar-refractivity contribution in [2.75, 3.05) is 0 Å². The molecule has 1 aromatic heterocycles. The van der Waals surface area contributed by atoms with E-state index < -0.39 is 0 Å². The summed E-state index contributed by atoms with van der Waals surface area (Å²) in [6.07, 6.45) is 3.83. The molecule has 1 rings (SSSR count). The highest BCUT2D eigenvalue weighted by Crippen LogP contribution is 2.14. The first-order valence-corrected chi connectivity index (χ1v) is 6.53. The van der Waals surface area contributed by atoms with Gasteiger partial charge in [-0.3, -0.25) is 0 Å². The average Bonchev–Trinajstić information content (AvgIpc) is 2.76. The lowest BCUT2D eigenvalue weighted by Crippen LogP contribution is -2.35. The number of unbranched alkanes of at least 4 members (excludes halogenated alkanes) is 1. The molecule has 0 saturated carbocycles. The van der Waals surface area contributed by atoms with E-state index in [0.29, 0.717) is 0 Å². The van der Waals surface area contributed by atoms with Gasteiger partial charge >= 0.3 is 0 Å². The van der Waals surface area contributed by atoms with Crippen LogP contribution in [0.15, 0.2) is 21.9 Å².